The van der Waals surface area contributed by atoms with Gasteiger partial charge in [-0.25, -0.2) is 8.42 Å². The van der Waals surface area contributed by atoms with Gasteiger partial charge in [-0.2, -0.15) is 0 Å². The first-order valence-corrected chi connectivity index (χ1v) is 6.95. The van der Waals surface area contributed by atoms with E-state index in [1.54, 1.807) is 38.1 Å². The summed E-state index contributed by atoms with van der Waals surface area (Å²) in [5.74, 6) is -0.270. The van der Waals surface area contributed by atoms with Crippen molar-refractivity contribution in [2.24, 2.45) is 5.92 Å². The van der Waals surface area contributed by atoms with E-state index < -0.39 is 15.9 Å². The van der Waals surface area contributed by atoms with E-state index in [9.17, 15) is 13.5 Å². The van der Waals surface area contributed by atoms with Crippen LogP contribution in [0.4, 0.5) is 0 Å². The van der Waals surface area contributed by atoms with E-state index in [4.69, 9.17) is 0 Å². The summed E-state index contributed by atoms with van der Waals surface area (Å²) in [6.07, 6.45) is -0.814. The van der Waals surface area contributed by atoms with Crippen LogP contribution in [0.1, 0.15) is 19.4 Å². The van der Waals surface area contributed by atoms with Crippen LogP contribution in [-0.4, -0.2) is 25.4 Å². The highest BCUT2D eigenvalue weighted by Gasteiger charge is 2.21. The Morgan fingerprint density at radius 2 is 1.69 bits per heavy atom. The fraction of sp³-hybridized carbons (Fsp3) is 0.500. The van der Waals surface area contributed by atoms with Gasteiger partial charge >= 0.3 is 0 Å². The molecule has 0 amide bonds. The molecule has 1 aromatic carbocycles. The number of aryl methyl sites for hydroxylation is 1. The molecule has 3 nitrogen and oxygen atoms in total. The molecular formula is C12H18O3S. The topological polar surface area (TPSA) is 54.4 Å². The fourth-order valence-electron chi connectivity index (χ4n) is 1.26. The summed E-state index contributed by atoms with van der Waals surface area (Å²) in [7, 11) is -3.37. The Balaban J connectivity index is 2.90. The third-order valence-corrected chi connectivity index (χ3v) is 4.31. The van der Waals surface area contributed by atoms with Gasteiger partial charge in [-0.3, -0.25) is 0 Å². The predicted molar refractivity (Wildman–Crippen MR) is 64.1 cm³/mol. The van der Waals surface area contributed by atoms with Crippen LogP contribution >= 0.6 is 0 Å². The molecule has 0 unspecified atom stereocenters. The number of benzene rings is 1. The van der Waals surface area contributed by atoms with E-state index in [1.807, 2.05) is 6.92 Å². The van der Waals surface area contributed by atoms with Crippen molar-refractivity contribution in [3.8, 4) is 0 Å². The van der Waals surface area contributed by atoms with E-state index >= 15 is 0 Å². The minimum atomic E-state index is -3.37. The lowest BCUT2D eigenvalue weighted by molar-refractivity contribution is 0.147. The van der Waals surface area contributed by atoms with Crippen molar-refractivity contribution < 1.29 is 13.5 Å². The van der Waals surface area contributed by atoms with E-state index in [2.05, 4.69) is 0 Å². The molecule has 0 spiro atoms. The first-order chi connectivity index (χ1) is 7.33. The second-order valence-electron chi connectivity index (χ2n) is 4.41. The second kappa shape index (κ2) is 4.97. The molecule has 0 fully saturated rings. The molecule has 0 heterocycles. The monoisotopic (exact) mass is 242 g/mol. The lowest BCUT2D eigenvalue weighted by Crippen LogP contribution is -2.25. The van der Waals surface area contributed by atoms with E-state index in [0.717, 1.165) is 5.56 Å². The average Bonchev–Trinajstić information content (AvgIpc) is 2.17. The zero-order valence-electron chi connectivity index (χ0n) is 9.84. The number of hydrogen-bond acceptors (Lipinski definition) is 3. The molecule has 16 heavy (non-hydrogen) atoms. The molecule has 0 aliphatic heterocycles. The smallest absolute Gasteiger partial charge is 0.180 e. The number of sulfone groups is 1. The van der Waals surface area contributed by atoms with Crippen molar-refractivity contribution in [1.29, 1.82) is 0 Å². The Morgan fingerprint density at radius 3 is 2.12 bits per heavy atom. The largest absolute Gasteiger partial charge is 0.392 e. The maximum absolute atomic E-state index is 11.9. The molecule has 1 aromatic rings. The van der Waals surface area contributed by atoms with Gasteiger partial charge in [-0.05, 0) is 25.0 Å². The van der Waals surface area contributed by atoms with Gasteiger partial charge in [0.15, 0.2) is 9.84 Å². The van der Waals surface area contributed by atoms with Gasteiger partial charge in [0.25, 0.3) is 0 Å². The van der Waals surface area contributed by atoms with Gasteiger partial charge in [0, 0.05) is 0 Å². The minimum Gasteiger partial charge on any atom is -0.392 e. The third-order valence-electron chi connectivity index (χ3n) is 2.54. The van der Waals surface area contributed by atoms with E-state index in [1.165, 1.54) is 0 Å². The summed E-state index contributed by atoms with van der Waals surface area (Å²) in [6, 6.07) is 6.68. The fourth-order valence-corrected chi connectivity index (χ4v) is 2.84. The normalized spacial score (nSPS) is 14.1. The van der Waals surface area contributed by atoms with Crippen LogP contribution in [0.3, 0.4) is 0 Å². The zero-order valence-corrected chi connectivity index (χ0v) is 10.7. The summed E-state index contributed by atoms with van der Waals surface area (Å²) in [5, 5.41) is 9.60. The van der Waals surface area contributed by atoms with Crippen LogP contribution in [0.2, 0.25) is 0 Å². The van der Waals surface area contributed by atoms with Gasteiger partial charge in [0.1, 0.15) is 0 Å². The summed E-state index contributed by atoms with van der Waals surface area (Å²) < 4.78 is 23.8. The van der Waals surface area contributed by atoms with Crippen LogP contribution in [0.25, 0.3) is 0 Å². The Morgan fingerprint density at radius 1 is 1.19 bits per heavy atom. The quantitative estimate of drug-likeness (QED) is 0.875. The molecular weight excluding hydrogens is 224 g/mol. The minimum absolute atomic E-state index is 0.0553. The number of rotatable bonds is 4. The Kier molecular flexibility index (Phi) is 4.10. The van der Waals surface area contributed by atoms with Gasteiger partial charge < -0.3 is 5.11 Å². The van der Waals surface area contributed by atoms with Gasteiger partial charge in [-0.15, -0.1) is 0 Å². The van der Waals surface area contributed by atoms with Crippen molar-refractivity contribution >= 4 is 9.84 Å². The van der Waals surface area contributed by atoms with Crippen molar-refractivity contribution in [3.05, 3.63) is 29.8 Å². The highest BCUT2D eigenvalue weighted by atomic mass is 32.2. The lowest BCUT2D eigenvalue weighted by Gasteiger charge is -2.14. The third kappa shape index (κ3) is 3.32. The Bertz CT molecular complexity index is 432. The molecule has 1 atom stereocenters. The number of hydrogen-bond donors (Lipinski definition) is 1. The summed E-state index contributed by atoms with van der Waals surface area (Å²) in [6.45, 7) is 5.50. The SMILES string of the molecule is Cc1ccc(S(=O)(=O)C[C@@H](O)C(C)C)cc1. The molecule has 0 bridgehead atoms. The standard InChI is InChI=1S/C12H18O3S/c1-9(2)12(13)8-16(14,15)11-6-4-10(3)5-7-11/h4-7,9,12-13H,8H2,1-3H3/t12-/m1/s1. The molecule has 0 aliphatic rings. The van der Waals surface area contributed by atoms with Crippen LogP contribution in [0.5, 0.6) is 0 Å². The second-order valence-corrected chi connectivity index (χ2v) is 6.44. The van der Waals surface area contributed by atoms with Crippen molar-refractivity contribution in [2.75, 3.05) is 5.75 Å². The van der Waals surface area contributed by atoms with Gasteiger partial charge in [0.05, 0.1) is 16.8 Å². The Hall–Kier alpha value is -0.870. The lowest BCUT2D eigenvalue weighted by atomic mass is 10.1. The molecule has 0 aromatic heterocycles. The first kappa shape index (κ1) is 13.2. The maximum Gasteiger partial charge on any atom is 0.180 e. The maximum atomic E-state index is 11.9. The predicted octanol–water partition coefficient (Wildman–Crippen LogP) is 1.79. The molecule has 0 saturated carbocycles. The van der Waals surface area contributed by atoms with Crippen LogP contribution in [0.15, 0.2) is 29.2 Å². The summed E-state index contributed by atoms with van der Waals surface area (Å²) >= 11 is 0. The highest BCUT2D eigenvalue weighted by molar-refractivity contribution is 7.91. The van der Waals surface area contributed by atoms with Crippen molar-refractivity contribution in [1.82, 2.24) is 0 Å². The van der Waals surface area contributed by atoms with Crippen LogP contribution in [0, 0.1) is 12.8 Å². The molecule has 90 valence electrons. The molecule has 0 aliphatic carbocycles. The molecule has 1 N–H and O–H groups in total. The summed E-state index contributed by atoms with van der Waals surface area (Å²) in [4.78, 5) is 0.276. The highest BCUT2D eigenvalue weighted by Crippen LogP contribution is 2.15. The van der Waals surface area contributed by atoms with Gasteiger partial charge in [0.2, 0.25) is 0 Å². The Labute approximate surface area is 97.0 Å². The zero-order chi connectivity index (χ0) is 12.3. The van der Waals surface area contributed by atoms with Crippen LogP contribution < -0.4 is 0 Å². The van der Waals surface area contributed by atoms with E-state index in [0.29, 0.717) is 0 Å². The number of aliphatic hydroxyl groups is 1. The van der Waals surface area contributed by atoms with E-state index in [-0.39, 0.29) is 16.6 Å². The molecule has 0 saturated heterocycles. The van der Waals surface area contributed by atoms with Gasteiger partial charge in [-0.1, -0.05) is 31.5 Å². The number of aliphatic hydroxyl groups excluding tert-OH is 1. The summed E-state index contributed by atoms with van der Waals surface area (Å²) in [5.41, 5.74) is 1.02. The van der Waals surface area contributed by atoms with Crippen LogP contribution in [-0.2, 0) is 9.84 Å². The first-order valence-electron chi connectivity index (χ1n) is 5.30. The van der Waals surface area contributed by atoms with Crippen molar-refractivity contribution in [2.45, 2.75) is 31.8 Å². The molecule has 1 rings (SSSR count). The molecule has 4 heteroatoms. The average molecular weight is 242 g/mol. The molecule has 0 radical (unpaired) electrons. The van der Waals surface area contributed by atoms with Crippen molar-refractivity contribution in [3.63, 3.8) is 0 Å².